The maximum atomic E-state index is 3.63. The average Bonchev–Trinajstić information content (AvgIpc) is 2.37. The molecular formula is C15H24N2. The number of piperidine rings is 1. The first-order valence-corrected chi connectivity index (χ1v) is 6.77. The van der Waals surface area contributed by atoms with Gasteiger partial charge in [-0.05, 0) is 45.3 Å². The summed E-state index contributed by atoms with van der Waals surface area (Å²) in [6.45, 7) is 3.35. The Morgan fingerprint density at radius 1 is 1.41 bits per heavy atom. The minimum absolute atomic E-state index is 0.477. The summed E-state index contributed by atoms with van der Waals surface area (Å²) in [5.74, 6) is 0. The zero-order valence-corrected chi connectivity index (χ0v) is 11.0. The quantitative estimate of drug-likeness (QED) is 0.834. The Balaban J connectivity index is 2.00. The first kappa shape index (κ1) is 12.6. The first-order chi connectivity index (χ1) is 8.29. The number of aryl methyl sites for hydroxylation is 1. The van der Waals surface area contributed by atoms with Crippen molar-refractivity contribution >= 4 is 0 Å². The third kappa shape index (κ3) is 3.55. The summed E-state index contributed by atoms with van der Waals surface area (Å²) < 4.78 is 0. The Morgan fingerprint density at radius 2 is 2.29 bits per heavy atom. The third-order valence-electron chi connectivity index (χ3n) is 3.73. The molecule has 2 unspecified atom stereocenters. The van der Waals surface area contributed by atoms with Crippen LogP contribution in [-0.4, -0.2) is 19.6 Å². The van der Waals surface area contributed by atoms with Crippen molar-refractivity contribution in [3.8, 4) is 0 Å². The van der Waals surface area contributed by atoms with Crippen molar-refractivity contribution in [1.82, 2.24) is 10.6 Å². The van der Waals surface area contributed by atoms with E-state index in [1.807, 2.05) is 0 Å². The monoisotopic (exact) mass is 232 g/mol. The predicted molar refractivity (Wildman–Crippen MR) is 73.2 cm³/mol. The topological polar surface area (TPSA) is 24.1 Å². The third-order valence-corrected chi connectivity index (χ3v) is 3.73. The lowest BCUT2D eigenvalue weighted by Gasteiger charge is -2.28. The highest BCUT2D eigenvalue weighted by Gasteiger charge is 2.18. The molecule has 1 aromatic rings. The maximum absolute atomic E-state index is 3.63. The molecule has 2 atom stereocenters. The number of benzene rings is 1. The van der Waals surface area contributed by atoms with Crippen LogP contribution in [-0.2, 0) is 0 Å². The van der Waals surface area contributed by atoms with Gasteiger partial charge in [-0.2, -0.15) is 0 Å². The van der Waals surface area contributed by atoms with Crippen molar-refractivity contribution in [3.63, 3.8) is 0 Å². The van der Waals surface area contributed by atoms with E-state index < -0.39 is 0 Å². The molecular weight excluding hydrogens is 208 g/mol. The van der Waals surface area contributed by atoms with Crippen molar-refractivity contribution in [2.75, 3.05) is 13.6 Å². The van der Waals surface area contributed by atoms with Crippen LogP contribution < -0.4 is 10.6 Å². The molecule has 0 saturated carbocycles. The van der Waals surface area contributed by atoms with Gasteiger partial charge < -0.3 is 10.6 Å². The zero-order valence-electron chi connectivity index (χ0n) is 11.0. The Bertz CT molecular complexity index is 343. The first-order valence-electron chi connectivity index (χ1n) is 6.77. The lowest BCUT2D eigenvalue weighted by Crippen LogP contribution is -2.37. The molecule has 2 rings (SSSR count). The van der Waals surface area contributed by atoms with Gasteiger partial charge in [0, 0.05) is 12.1 Å². The maximum Gasteiger partial charge on any atom is 0.0332 e. The minimum atomic E-state index is 0.477. The van der Waals surface area contributed by atoms with Gasteiger partial charge in [-0.3, -0.25) is 0 Å². The van der Waals surface area contributed by atoms with Gasteiger partial charge in [0.05, 0.1) is 0 Å². The van der Waals surface area contributed by atoms with Gasteiger partial charge in [-0.1, -0.05) is 36.2 Å². The highest BCUT2D eigenvalue weighted by molar-refractivity contribution is 5.25. The van der Waals surface area contributed by atoms with Gasteiger partial charge in [0.1, 0.15) is 0 Å². The van der Waals surface area contributed by atoms with E-state index in [9.17, 15) is 0 Å². The normalized spacial score (nSPS) is 22.4. The molecule has 94 valence electrons. The Kier molecular flexibility index (Phi) is 4.57. The SMILES string of the molecule is CNC(CC1CCCCN1)c1cccc(C)c1. The zero-order chi connectivity index (χ0) is 12.1. The van der Waals surface area contributed by atoms with Crippen LogP contribution in [0.1, 0.15) is 42.9 Å². The summed E-state index contributed by atoms with van der Waals surface area (Å²) in [6.07, 6.45) is 5.23. The lowest BCUT2D eigenvalue weighted by atomic mass is 9.93. The largest absolute Gasteiger partial charge is 0.314 e. The predicted octanol–water partition coefficient (Wildman–Crippen LogP) is 2.79. The molecule has 17 heavy (non-hydrogen) atoms. The highest BCUT2D eigenvalue weighted by Crippen LogP contribution is 2.22. The van der Waals surface area contributed by atoms with Crippen LogP contribution in [0.5, 0.6) is 0 Å². The molecule has 0 aromatic heterocycles. The van der Waals surface area contributed by atoms with Crippen LogP contribution in [0.25, 0.3) is 0 Å². The second-order valence-electron chi connectivity index (χ2n) is 5.14. The molecule has 1 aliphatic rings. The summed E-state index contributed by atoms with van der Waals surface area (Å²) in [5, 5.41) is 7.08. The van der Waals surface area contributed by atoms with Crippen LogP contribution in [0.4, 0.5) is 0 Å². The van der Waals surface area contributed by atoms with Crippen molar-refractivity contribution in [1.29, 1.82) is 0 Å². The van der Waals surface area contributed by atoms with E-state index in [1.54, 1.807) is 0 Å². The molecule has 1 saturated heterocycles. The molecule has 1 aromatic carbocycles. The Morgan fingerprint density at radius 3 is 2.94 bits per heavy atom. The van der Waals surface area contributed by atoms with Gasteiger partial charge in [0.15, 0.2) is 0 Å². The molecule has 1 heterocycles. The molecule has 0 spiro atoms. The fraction of sp³-hybridized carbons (Fsp3) is 0.600. The van der Waals surface area contributed by atoms with E-state index in [1.165, 1.54) is 43.4 Å². The van der Waals surface area contributed by atoms with E-state index in [2.05, 4.69) is 48.9 Å². The van der Waals surface area contributed by atoms with E-state index >= 15 is 0 Å². The smallest absolute Gasteiger partial charge is 0.0332 e. The van der Waals surface area contributed by atoms with Gasteiger partial charge in [0.25, 0.3) is 0 Å². The van der Waals surface area contributed by atoms with Crippen molar-refractivity contribution in [3.05, 3.63) is 35.4 Å². The second-order valence-corrected chi connectivity index (χ2v) is 5.14. The minimum Gasteiger partial charge on any atom is -0.314 e. The van der Waals surface area contributed by atoms with Crippen LogP contribution in [0.2, 0.25) is 0 Å². The van der Waals surface area contributed by atoms with Crippen LogP contribution >= 0.6 is 0 Å². The van der Waals surface area contributed by atoms with Crippen molar-refractivity contribution in [2.45, 2.75) is 44.7 Å². The molecule has 2 nitrogen and oxygen atoms in total. The fourth-order valence-electron chi connectivity index (χ4n) is 2.72. The lowest BCUT2D eigenvalue weighted by molar-refractivity contribution is 0.347. The second kappa shape index (κ2) is 6.18. The van der Waals surface area contributed by atoms with Gasteiger partial charge in [0.2, 0.25) is 0 Å². The van der Waals surface area contributed by atoms with Crippen LogP contribution in [0.15, 0.2) is 24.3 Å². The molecule has 2 N–H and O–H groups in total. The summed E-state index contributed by atoms with van der Waals surface area (Å²) in [6, 6.07) is 10.0. The summed E-state index contributed by atoms with van der Waals surface area (Å²) >= 11 is 0. The number of rotatable bonds is 4. The van der Waals surface area contributed by atoms with E-state index in [0.29, 0.717) is 12.1 Å². The van der Waals surface area contributed by atoms with Crippen LogP contribution in [0.3, 0.4) is 0 Å². The van der Waals surface area contributed by atoms with E-state index in [-0.39, 0.29) is 0 Å². The molecule has 0 bridgehead atoms. The summed E-state index contributed by atoms with van der Waals surface area (Å²) in [5.41, 5.74) is 2.76. The average molecular weight is 232 g/mol. The number of hydrogen-bond acceptors (Lipinski definition) is 2. The number of nitrogens with one attached hydrogen (secondary N) is 2. The van der Waals surface area contributed by atoms with E-state index in [0.717, 1.165) is 0 Å². The molecule has 0 amide bonds. The molecule has 1 fully saturated rings. The molecule has 1 aliphatic heterocycles. The molecule has 0 radical (unpaired) electrons. The van der Waals surface area contributed by atoms with Gasteiger partial charge in [-0.15, -0.1) is 0 Å². The van der Waals surface area contributed by atoms with Crippen molar-refractivity contribution in [2.24, 2.45) is 0 Å². The highest BCUT2D eigenvalue weighted by atomic mass is 14.9. The molecule has 0 aliphatic carbocycles. The Hall–Kier alpha value is -0.860. The fourth-order valence-corrected chi connectivity index (χ4v) is 2.72. The Labute approximate surface area is 105 Å². The summed E-state index contributed by atoms with van der Waals surface area (Å²) in [7, 11) is 2.07. The van der Waals surface area contributed by atoms with Gasteiger partial charge in [-0.25, -0.2) is 0 Å². The standard InChI is InChI=1S/C15H24N2/c1-12-6-5-7-13(10-12)15(16-2)11-14-8-3-4-9-17-14/h5-7,10,14-17H,3-4,8-9,11H2,1-2H3. The number of hydrogen-bond donors (Lipinski definition) is 2. The van der Waals surface area contributed by atoms with E-state index in [4.69, 9.17) is 0 Å². The molecule has 2 heteroatoms. The van der Waals surface area contributed by atoms with Crippen molar-refractivity contribution < 1.29 is 0 Å². The van der Waals surface area contributed by atoms with Gasteiger partial charge >= 0.3 is 0 Å². The van der Waals surface area contributed by atoms with Crippen LogP contribution in [0, 0.1) is 6.92 Å². The summed E-state index contributed by atoms with van der Waals surface area (Å²) in [4.78, 5) is 0.